The van der Waals surface area contributed by atoms with Gasteiger partial charge in [-0.3, -0.25) is 4.79 Å². The minimum atomic E-state index is -0.145. The first-order valence-electron chi connectivity index (χ1n) is 5.76. The highest BCUT2D eigenvalue weighted by Gasteiger charge is 2.11. The number of rotatable bonds is 5. The normalized spacial score (nSPS) is 11.9. The predicted octanol–water partition coefficient (Wildman–Crippen LogP) is 2.15. The summed E-state index contributed by atoms with van der Waals surface area (Å²) in [6, 6.07) is 8.22. The second-order valence-electron chi connectivity index (χ2n) is 4.35. The number of carbonyl (C=O) groups is 1. The summed E-state index contributed by atoms with van der Waals surface area (Å²) >= 11 is 0. The Balaban J connectivity index is 0.00000289. The summed E-state index contributed by atoms with van der Waals surface area (Å²) in [5, 5.41) is 2.80. The smallest absolute Gasteiger partial charge is 0.217 e. The minimum Gasteiger partial charge on any atom is -0.401 e. The van der Waals surface area contributed by atoms with Gasteiger partial charge in [-0.25, -0.2) is 0 Å². The maximum absolute atomic E-state index is 11.0. The van der Waals surface area contributed by atoms with Crippen LogP contribution in [0.25, 0.3) is 0 Å². The standard InChI is InChI=1S/C14H20N2O.H2/c1-10-4-6-13(7-5-10)8-9-14(11(2)15)16-12(3)17;/h4-7,14H,2,8-9,15H2,1,3H3,(H,16,17);1H/t14-;/m0./s1. The summed E-state index contributed by atoms with van der Waals surface area (Å²) in [5.74, 6) is -0.0782. The molecule has 17 heavy (non-hydrogen) atoms. The second-order valence-corrected chi connectivity index (χ2v) is 4.35. The summed E-state index contributed by atoms with van der Waals surface area (Å²) in [4.78, 5) is 11.0. The molecule has 3 nitrogen and oxygen atoms in total. The third kappa shape index (κ3) is 4.72. The average Bonchev–Trinajstić information content (AvgIpc) is 2.25. The van der Waals surface area contributed by atoms with Crippen molar-refractivity contribution in [3.63, 3.8) is 0 Å². The molecule has 0 fully saturated rings. The van der Waals surface area contributed by atoms with E-state index in [9.17, 15) is 4.79 Å². The quantitative estimate of drug-likeness (QED) is 0.820. The maximum atomic E-state index is 11.0. The van der Waals surface area contributed by atoms with Crippen LogP contribution in [0.1, 0.15) is 25.9 Å². The Morgan fingerprint density at radius 2 is 2.06 bits per heavy atom. The van der Waals surface area contributed by atoms with Gasteiger partial charge in [0.2, 0.25) is 5.91 Å². The first-order valence-corrected chi connectivity index (χ1v) is 5.76. The lowest BCUT2D eigenvalue weighted by molar-refractivity contribution is -0.119. The fourth-order valence-electron chi connectivity index (χ4n) is 1.66. The van der Waals surface area contributed by atoms with Crippen molar-refractivity contribution in [2.45, 2.75) is 32.7 Å². The molecule has 3 N–H and O–H groups in total. The zero-order valence-corrected chi connectivity index (χ0v) is 10.5. The van der Waals surface area contributed by atoms with Crippen LogP contribution in [-0.4, -0.2) is 11.9 Å². The summed E-state index contributed by atoms with van der Waals surface area (Å²) in [7, 11) is 0. The van der Waals surface area contributed by atoms with Gasteiger partial charge in [-0.2, -0.15) is 0 Å². The van der Waals surface area contributed by atoms with Crippen LogP contribution in [0.4, 0.5) is 0 Å². The molecule has 0 aliphatic rings. The Kier molecular flexibility index (Phi) is 4.76. The second kappa shape index (κ2) is 6.09. The summed E-state index contributed by atoms with van der Waals surface area (Å²) in [6.07, 6.45) is 1.65. The van der Waals surface area contributed by atoms with E-state index in [0.29, 0.717) is 5.70 Å². The first-order chi connectivity index (χ1) is 7.99. The fraction of sp³-hybridized carbons (Fsp3) is 0.357. The van der Waals surface area contributed by atoms with Gasteiger partial charge in [0, 0.05) is 14.0 Å². The van der Waals surface area contributed by atoms with Gasteiger partial charge in [0.05, 0.1) is 6.04 Å². The number of nitrogens with two attached hydrogens (primary N) is 1. The van der Waals surface area contributed by atoms with E-state index in [1.807, 2.05) is 0 Å². The van der Waals surface area contributed by atoms with Crippen LogP contribution in [0.15, 0.2) is 36.5 Å². The van der Waals surface area contributed by atoms with E-state index in [0.717, 1.165) is 12.8 Å². The number of hydrogen-bond donors (Lipinski definition) is 2. The molecule has 0 saturated heterocycles. The number of hydrogen-bond acceptors (Lipinski definition) is 2. The molecule has 1 atom stereocenters. The molecule has 0 heterocycles. The van der Waals surface area contributed by atoms with Gasteiger partial charge in [0.25, 0.3) is 0 Å². The number of amides is 1. The summed E-state index contributed by atoms with van der Waals surface area (Å²) in [6.45, 7) is 7.25. The van der Waals surface area contributed by atoms with Crippen LogP contribution in [-0.2, 0) is 11.2 Å². The van der Waals surface area contributed by atoms with E-state index in [2.05, 4.69) is 43.1 Å². The Labute approximate surface area is 104 Å². The van der Waals surface area contributed by atoms with Crippen LogP contribution in [0.5, 0.6) is 0 Å². The molecular formula is C14H22N2O. The molecule has 0 saturated carbocycles. The van der Waals surface area contributed by atoms with E-state index in [-0.39, 0.29) is 13.4 Å². The van der Waals surface area contributed by atoms with Gasteiger partial charge in [0.1, 0.15) is 0 Å². The van der Waals surface area contributed by atoms with Crippen molar-refractivity contribution in [3.05, 3.63) is 47.7 Å². The number of benzene rings is 1. The van der Waals surface area contributed by atoms with E-state index < -0.39 is 0 Å². The molecule has 0 unspecified atom stereocenters. The lowest BCUT2D eigenvalue weighted by atomic mass is 10.0. The first kappa shape index (κ1) is 13.3. The van der Waals surface area contributed by atoms with E-state index in [4.69, 9.17) is 5.73 Å². The Hall–Kier alpha value is -1.77. The highest BCUT2D eigenvalue weighted by Crippen LogP contribution is 2.09. The molecule has 1 rings (SSSR count). The van der Waals surface area contributed by atoms with Crippen LogP contribution in [0.3, 0.4) is 0 Å². The van der Waals surface area contributed by atoms with Crippen LogP contribution in [0.2, 0.25) is 0 Å². The molecule has 3 heteroatoms. The lowest BCUT2D eigenvalue weighted by Crippen LogP contribution is -2.37. The maximum Gasteiger partial charge on any atom is 0.217 e. The lowest BCUT2D eigenvalue weighted by Gasteiger charge is -2.17. The van der Waals surface area contributed by atoms with Crippen molar-refractivity contribution in [3.8, 4) is 0 Å². The Morgan fingerprint density at radius 3 is 2.53 bits per heavy atom. The third-order valence-electron chi connectivity index (χ3n) is 2.67. The largest absolute Gasteiger partial charge is 0.401 e. The highest BCUT2D eigenvalue weighted by molar-refractivity contribution is 5.73. The van der Waals surface area contributed by atoms with Crippen molar-refractivity contribution in [1.82, 2.24) is 5.32 Å². The van der Waals surface area contributed by atoms with Crippen molar-refractivity contribution in [1.29, 1.82) is 0 Å². The Bertz CT molecular complexity index is 401. The molecule has 0 aliphatic heterocycles. The van der Waals surface area contributed by atoms with Gasteiger partial charge in [-0.05, 0) is 25.3 Å². The number of aryl methyl sites for hydroxylation is 2. The van der Waals surface area contributed by atoms with Crippen molar-refractivity contribution in [2.75, 3.05) is 0 Å². The van der Waals surface area contributed by atoms with E-state index in [1.165, 1.54) is 18.1 Å². The van der Waals surface area contributed by atoms with Gasteiger partial charge in [0.15, 0.2) is 0 Å². The molecule has 0 aromatic heterocycles. The number of nitrogens with one attached hydrogen (secondary N) is 1. The minimum absolute atomic E-state index is 0. The van der Waals surface area contributed by atoms with Crippen molar-refractivity contribution >= 4 is 5.91 Å². The Morgan fingerprint density at radius 1 is 1.47 bits per heavy atom. The molecule has 0 radical (unpaired) electrons. The molecule has 94 valence electrons. The van der Waals surface area contributed by atoms with Crippen LogP contribution >= 0.6 is 0 Å². The highest BCUT2D eigenvalue weighted by atomic mass is 16.1. The van der Waals surface area contributed by atoms with Crippen molar-refractivity contribution < 1.29 is 6.22 Å². The van der Waals surface area contributed by atoms with Gasteiger partial charge in [-0.1, -0.05) is 36.4 Å². The van der Waals surface area contributed by atoms with Crippen LogP contribution < -0.4 is 11.1 Å². The van der Waals surface area contributed by atoms with E-state index in [1.54, 1.807) is 0 Å². The van der Waals surface area contributed by atoms with E-state index >= 15 is 0 Å². The zero-order valence-electron chi connectivity index (χ0n) is 10.5. The molecule has 0 aliphatic carbocycles. The number of carbonyl (C=O) groups excluding carboxylic acids is 1. The third-order valence-corrected chi connectivity index (χ3v) is 2.67. The molecule has 0 spiro atoms. The van der Waals surface area contributed by atoms with Gasteiger partial charge < -0.3 is 11.1 Å². The predicted molar refractivity (Wildman–Crippen MR) is 72.5 cm³/mol. The monoisotopic (exact) mass is 234 g/mol. The molecule has 1 aromatic carbocycles. The average molecular weight is 234 g/mol. The molecule has 0 bridgehead atoms. The molecule has 1 amide bonds. The van der Waals surface area contributed by atoms with Crippen molar-refractivity contribution in [2.24, 2.45) is 5.73 Å². The fourth-order valence-corrected chi connectivity index (χ4v) is 1.66. The molecular weight excluding hydrogens is 212 g/mol. The zero-order chi connectivity index (χ0) is 12.8. The van der Waals surface area contributed by atoms with Gasteiger partial charge in [-0.15, -0.1) is 0 Å². The summed E-state index contributed by atoms with van der Waals surface area (Å²) in [5.41, 5.74) is 8.66. The molecule has 1 aromatic rings. The SMILES string of the molecule is C=C(N)[C@H](CCc1ccc(C)cc1)NC(C)=O.[HH]. The van der Waals surface area contributed by atoms with Gasteiger partial charge >= 0.3 is 0 Å². The topological polar surface area (TPSA) is 55.1 Å². The summed E-state index contributed by atoms with van der Waals surface area (Å²) < 4.78 is 0. The van der Waals surface area contributed by atoms with Crippen LogP contribution in [0, 0.1) is 6.92 Å².